The summed E-state index contributed by atoms with van der Waals surface area (Å²) < 4.78 is 26.8. The number of nitrogens with zero attached hydrogens (tertiary/aromatic N) is 1. The van der Waals surface area contributed by atoms with Crippen LogP contribution in [0.25, 0.3) is 0 Å². The summed E-state index contributed by atoms with van der Waals surface area (Å²) in [6.07, 6.45) is 5.97. The van der Waals surface area contributed by atoms with E-state index >= 15 is 0 Å². The number of amides is 1. The van der Waals surface area contributed by atoms with E-state index in [0.717, 1.165) is 31.2 Å². The summed E-state index contributed by atoms with van der Waals surface area (Å²) >= 11 is 0. The highest BCUT2D eigenvalue weighted by Gasteiger charge is 2.33. The molecule has 6 heteroatoms. The van der Waals surface area contributed by atoms with E-state index in [2.05, 4.69) is 5.32 Å². The number of nitrogens with one attached hydrogen (secondary N) is 1. The third-order valence-electron chi connectivity index (χ3n) is 5.04. The highest BCUT2D eigenvalue weighted by molar-refractivity contribution is 7.88. The molecule has 1 saturated heterocycles. The molecule has 1 saturated carbocycles. The van der Waals surface area contributed by atoms with Crippen molar-refractivity contribution in [2.24, 2.45) is 5.92 Å². The first-order chi connectivity index (χ1) is 11.5. The van der Waals surface area contributed by atoms with Crippen molar-refractivity contribution in [3.8, 4) is 0 Å². The molecule has 0 aromatic heterocycles. The predicted molar refractivity (Wildman–Crippen MR) is 93.8 cm³/mol. The van der Waals surface area contributed by atoms with Crippen molar-refractivity contribution < 1.29 is 13.2 Å². The largest absolute Gasteiger partial charge is 0.353 e. The fraction of sp³-hybridized carbons (Fsp3) is 0.611. The third-order valence-corrected chi connectivity index (χ3v) is 6.86. The summed E-state index contributed by atoms with van der Waals surface area (Å²) in [5.41, 5.74) is 0.787. The van der Waals surface area contributed by atoms with Crippen LogP contribution in [-0.4, -0.2) is 37.8 Å². The first-order valence-corrected chi connectivity index (χ1v) is 10.5. The van der Waals surface area contributed by atoms with Gasteiger partial charge in [-0.3, -0.25) is 4.79 Å². The Kier molecular flexibility index (Phi) is 5.56. The van der Waals surface area contributed by atoms with Gasteiger partial charge in [-0.15, -0.1) is 0 Å². The summed E-state index contributed by atoms with van der Waals surface area (Å²) in [5, 5.41) is 3.11. The molecule has 0 bridgehead atoms. The van der Waals surface area contributed by atoms with Crippen molar-refractivity contribution in [3.05, 3.63) is 35.9 Å². The fourth-order valence-electron chi connectivity index (χ4n) is 3.67. The number of benzene rings is 1. The number of carbonyl (C=O) groups excluding carboxylic acids is 1. The number of rotatable bonds is 5. The topological polar surface area (TPSA) is 66.5 Å². The van der Waals surface area contributed by atoms with Crippen LogP contribution in [-0.2, 0) is 20.6 Å². The Labute approximate surface area is 144 Å². The van der Waals surface area contributed by atoms with Gasteiger partial charge in [-0.2, -0.15) is 0 Å². The smallest absolute Gasteiger partial charge is 0.224 e. The first kappa shape index (κ1) is 17.4. The molecule has 1 heterocycles. The molecule has 24 heavy (non-hydrogen) atoms. The van der Waals surface area contributed by atoms with Gasteiger partial charge >= 0.3 is 0 Å². The van der Waals surface area contributed by atoms with E-state index in [1.54, 1.807) is 0 Å². The minimum absolute atomic E-state index is 0.00477. The van der Waals surface area contributed by atoms with Crippen LogP contribution >= 0.6 is 0 Å². The van der Waals surface area contributed by atoms with Gasteiger partial charge in [0.1, 0.15) is 0 Å². The number of piperidine rings is 1. The maximum Gasteiger partial charge on any atom is 0.224 e. The summed E-state index contributed by atoms with van der Waals surface area (Å²) in [7, 11) is -3.38. The summed E-state index contributed by atoms with van der Waals surface area (Å²) in [6, 6.07) is 9.50. The Morgan fingerprint density at radius 3 is 2.50 bits per heavy atom. The Morgan fingerprint density at radius 2 is 1.79 bits per heavy atom. The Bertz CT molecular complexity index is 654. The Hall–Kier alpha value is -1.40. The second kappa shape index (κ2) is 7.66. The van der Waals surface area contributed by atoms with Crippen molar-refractivity contribution in [3.63, 3.8) is 0 Å². The highest BCUT2D eigenvalue weighted by atomic mass is 32.2. The molecule has 2 aliphatic rings. The van der Waals surface area contributed by atoms with Crippen LogP contribution in [0.5, 0.6) is 0 Å². The lowest BCUT2D eigenvalue weighted by Crippen LogP contribution is -2.47. The molecule has 1 aromatic rings. The molecular formula is C18H26N2O3S. The third kappa shape index (κ3) is 4.36. The molecule has 0 spiro atoms. The van der Waals surface area contributed by atoms with E-state index in [0.29, 0.717) is 13.1 Å². The van der Waals surface area contributed by atoms with Crippen LogP contribution in [0.3, 0.4) is 0 Å². The zero-order chi connectivity index (χ0) is 17.0. The second-order valence-electron chi connectivity index (χ2n) is 6.93. The minimum Gasteiger partial charge on any atom is -0.353 e. The van der Waals surface area contributed by atoms with E-state index < -0.39 is 10.0 Å². The molecule has 1 aliphatic carbocycles. The lowest BCUT2D eigenvalue weighted by Gasteiger charge is -2.31. The van der Waals surface area contributed by atoms with Crippen LogP contribution in [0.1, 0.15) is 44.1 Å². The molecule has 3 rings (SSSR count). The predicted octanol–water partition coefficient (Wildman–Crippen LogP) is 2.29. The molecule has 132 valence electrons. The maximum absolute atomic E-state index is 12.7. The van der Waals surface area contributed by atoms with E-state index in [4.69, 9.17) is 0 Å². The molecule has 5 nitrogen and oxygen atoms in total. The Balaban J connectivity index is 1.60. The quantitative estimate of drug-likeness (QED) is 0.886. The van der Waals surface area contributed by atoms with Crippen molar-refractivity contribution in [1.82, 2.24) is 9.62 Å². The van der Waals surface area contributed by atoms with Crippen molar-refractivity contribution >= 4 is 15.9 Å². The number of carbonyl (C=O) groups is 1. The Morgan fingerprint density at radius 1 is 1.08 bits per heavy atom. The average molecular weight is 350 g/mol. The SMILES string of the molecule is O=C(NC1CCCC1)[C@H]1CCCN(S(=O)(=O)Cc2ccccc2)C1. The molecule has 2 fully saturated rings. The van der Waals surface area contributed by atoms with Gasteiger partial charge < -0.3 is 5.32 Å². The van der Waals surface area contributed by atoms with E-state index in [1.807, 2.05) is 30.3 Å². The van der Waals surface area contributed by atoms with Crippen molar-refractivity contribution in [2.75, 3.05) is 13.1 Å². The lowest BCUT2D eigenvalue weighted by atomic mass is 9.98. The van der Waals surface area contributed by atoms with Gasteiger partial charge in [0.05, 0.1) is 11.7 Å². The molecule has 1 atom stereocenters. The average Bonchev–Trinajstić information content (AvgIpc) is 3.08. The first-order valence-electron chi connectivity index (χ1n) is 8.87. The van der Waals surface area contributed by atoms with E-state index in [9.17, 15) is 13.2 Å². The standard InChI is InChI=1S/C18H26N2O3S/c21-18(19-17-10-4-5-11-17)16-9-6-12-20(13-16)24(22,23)14-15-7-2-1-3-8-15/h1-3,7-8,16-17H,4-6,9-14H2,(H,19,21)/t16-/m0/s1. The molecule has 1 aliphatic heterocycles. The highest BCUT2D eigenvalue weighted by Crippen LogP contribution is 2.23. The summed E-state index contributed by atoms with van der Waals surface area (Å²) in [5.74, 6) is -0.184. The van der Waals surface area contributed by atoms with E-state index in [1.165, 1.54) is 17.1 Å². The molecule has 1 amide bonds. The molecular weight excluding hydrogens is 324 g/mol. The van der Waals surface area contributed by atoms with Gasteiger partial charge in [0, 0.05) is 19.1 Å². The molecule has 1 aromatic carbocycles. The van der Waals surface area contributed by atoms with Crippen LogP contribution in [0.4, 0.5) is 0 Å². The van der Waals surface area contributed by atoms with Gasteiger partial charge in [0.25, 0.3) is 0 Å². The summed E-state index contributed by atoms with van der Waals surface area (Å²) in [4.78, 5) is 12.5. The van der Waals surface area contributed by atoms with Crippen LogP contribution in [0, 0.1) is 5.92 Å². The van der Waals surface area contributed by atoms with Crippen LogP contribution in [0.2, 0.25) is 0 Å². The van der Waals surface area contributed by atoms with Gasteiger partial charge in [0.2, 0.25) is 15.9 Å². The number of hydrogen-bond acceptors (Lipinski definition) is 3. The van der Waals surface area contributed by atoms with Crippen LogP contribution < -0.4 is 5.32 Å². The maximum atomic E-state index is 12.7. The molecule has 0 radical (unpaired) electrons. The molecule has 1 N–H and O–H groups in total. The van der Waals surface area contributed by atoms with Gasteiger partial charge in [-0.1, -0.05) is 43.2 Å². The molecule has 0 unspecified atom stereocenters. The fourth-order valence-corrected chi connectivity index (χ4v) is 5.29. The zero-order valence-electron chi connectivity index (χ0n) is 14.0. The van der Waals surface area contributed by atoms with Crippen molar-refractivity contribution in [2.45, 2.75) is 50.3 Å². The number of sulfonamides is 1. The lowest BCUT2D eigenvalue weighted by molar-refractivity contribution is -0.126. The van der Waals surface area contributed by atoms with Crippen LogP contribution in [0.15, 0.2) is 30.3 Å². The van der Waals surface area contributed by atoms with E-state index in [-0.39, 0.29) is 23.6 Å². The monoisotopic (exact) mass is 350 g/mol. The minimum atomic E-state index is -3.38. The normalized spacial score (nSPS) is 23.2. The second-order valence-corrected chi connectivity index (χ2v) is 8.90. The van der Waals surface area contributed by atoms with Crippen molar-refractivity contribution in [1.29, 1.82) is 0 Å². The van der Waals surface area contributed by atoms with Gasteiger partial charge in [-0.05, 0) is 31.2 Å². The number of hydrogen-bond donors (Lipinski definition) is 1. The van der Waals surface area contributed by atoms with Gasteiger partial charge in [-0.25, -0.2) is 12.7 Å². The summed E-state index contributed by atoms with van der Waals surface area (Å²) in [6.45, 7) is 0.829. The van der Waals surface area contributed by atoms with Gasteiger partial charge in [0.15, 0.2) is 0 Å². The zero-order valence-corrected chi connectivity index (χ0v) is 14.8.